The molecule has 5 heteroatoms. The second-order valence-corrected chi connectivity index (χ2v) is 5.81. The summed E-state index contributed by atoms with van der Waals surface area (Å²) < 4.78 is 0. The summed E-state index contributed by atoms with van der Waals surface area (Å²) in [6.45, 7) is 1.90. The van der Waals surface area contributed by atoms with Gasteiger partial charge in [-0.3, -0.25) is 14.6 Å². The Hall–Kier alpha value is -2.69. The van der Waals surface area contributed by atoms with Gasteiger partial charge in [0, 0.05) is 42.5 Å². The van der Waals surface area contributed by atoms with E-state index in [4.69, 9.17) is 0 Å². The topological polar surface area (TPSA) is 71.1 Å². The summed E-state index contributed by atoms with van der Waals surface area (Å²) >= 11 is 0. The molecular formula is C18H19N3O2. The number of nitrogens with one attached hydrogen (secondary N) is 2. The van der Waals surface area contributed by atoms with Gasteiger partial charge in [-0.15, -0.1) is 0 Å². The van der Waals surface area contributed by atoms with Crippen molar-refractivity contribution in [2.45, 2.75) is 32.2 Å². The third-order valence-electron chi connectivity index (χ3n) is 3.76. The number of carbonyl (C=O) groups is 2. The first-order chi connectivity index (χ1) is 11.1. The third-order valence-corrected chi connectivity index (χ3v) is 3.76. The second kappa shape index (κ2) is 6.60. The van der Waals surface area contributed by atoms with Crippen LogP contribution in [0.15, 0.2) is 42.6 Å². The van der Waals surface area contributed by atoms with E-state index in [0.717, 1.165) is 11.3 Å². The molecule has 0 saturated heterocycles. The summed E-state index contributed by atoms with van der Waals surface area (Å²) in [4.78, 5) is 27.5. The summed E-state index contributed by atoms with van der Waals surface area (Å²) in [6.07, 6.45) is 4.29. The highest BCUT2D eigenvalue weighted by Gasteiger charge is 2.24. The lowest BCUT2D eigenvalue weighted by molar-refractivity contribution is -0.114. The largest absolute Gasteiger partial charge is 0.348 e. The van der Waals surface area contributed by atoms with Crippen molar-refractivity contribution in [1.29, 1.82) is 0 Å². The number of nitrogens with zero attached hydrogens (tertiary/aromatic N) is 1. The molecule has 1 fully saturated rings. The lowest BCUT2D eigenvalue weighted by Crippen LogP contribution is -2.22. The quantitative estimate of drug-likeness (QED) is 0.892. The molecule has 23 heavy (non-hydrogen) atoms. The molecule has 1 saturated carbocycles. The molecule has 1 aliphatic rings. The molecule has 1 aliphatic carbocycles. The zero-order valence-corrected chi connectivity index (χ0v) is 13.0. The van der Waals surface area contributed by atoms with Crippen molar-refractivity contribution in [3.8, 4) is 0 Å². The summed E-state index contributed by atoms with van der Waals surface area (Å²) in [5.74, 6) is 0.357. The molecule has 1 aromatic carbocycles. The number of anilines is 1. The first-order valence-electron chi connectivity index (χ1n) is 7.72. The number of pyridine rings is 1. The Morgan fingerprint density at radius 2 is 1.87 bits per heavy atom. The predicted molar refractivity (Wildman–Crippen MR) is 88.1 cm³/mol. The number of aromatic nitrogens is 1. The fraction of sp³-hybridized carbons (Fsp3) is 0.278. The molecule has 0 spiro atoms. The summed E-state index contributed by atoms with van der Waals surface area (Å²) in [7, 11) is 0. The standard InChI is InChI=1S/C18H19N3O2/c1-12(22)21-16-7-5-15(6-8-16)18(23)20-11-13-2-9-17(19-10-13)14-3-4-14/h2,5-10,14H,3-4,11H2,1H3,(H,20,23)(H,21,22). The van der Waals surface area contributed by atoms with Crippen molar-refractivity contribution >= 4 is 17.5 Å². The van der Waals surface area contributed by atoms with Gasteiger partial charge in [-0.25, -0.2) is 0 Å². The van der Waals surface area contributed by atoms with Gasteiger partial charge in [0.1, 0.15) is 0 Å². The van der Waals surface area contributed by atoms with Gasteiger partial charge in [0.2, 0.25) is 5.91 Å². The maximum atomic E-state index is 12.1. The molecule has 1 heterocycles. The molecular weight excluding hydrogens is 290 g/mol. The van der Waals surface area contributed by atoms with E-state index in [1.54, 1.807) is 24.3 Å². The first-order valence-corrected chi connectivity index (χ1v) is 7.72. The molecule has 0 aliphatic heterocycles. The van der Waals surface area contributed by atoms with Crippen molar-refractivity contribution < 1.29 is 9.59 Å². The fourth-order valence-corrected chi connectivity index (χ4v) is 2.35. The first kappa shape index (κ1) is 15.2. The minimum atomic E-state index is -0.148. The number of hydrogen-bond donors (Lipinski definition) is 2. The normalized spacial score (nSPS) is 13.4. The molecule has 0 bridgehead atoms. The van der Waals surface area contributed by atoms with Crippen LogP contribution in [0.5, 0.6) is 0 Å². The molecule has 5 nitrogen and oxygen atoms in total. The van der Waals surface area contributed by atoms with Crippen LogP contribution >= 0.6 is 0 Å². The number of carbonyl (C=O) groups excluding carboxylic acids is 2. The van der Waals surface area contributed by atoms with E-state index in [2.05, 4.69) is 15.6 Å². The third kappa shape index (κ3) is 4.16. The van der Waals surface area contributed by atoms with E-state index < -0.39 is 0 Å². The smallest absolute Gasteiger partial charge is 0.251 e. The lowest BCUT2D eigenvalue weighted by Gasteiger charge is -2.07. The van der Waals surface area contributed by atoms with Gasteiger partial charge >= 0.3 is 0 Å². The second-order valence-electron chi connectivity index (χ2n) is 5.81. The zero-order valence-electron chi connectivity index (χ0n) is 13.0. The molecule has 2 N–H and O–H groups in total. The van der Waals surface area contributed by atoms with Gasteiger partial charge in [-0.1, -0.05) is 6.07 Å². The van der Waals surface area contributed by atoms with E-state index in [-0.39, 0.29) is 11.8 Å². The van der Waals surface area contributed by atoms with Crippen molar-refractivity contribution in [2.24, 2.45) is 0 Å². The van der Waals surface area contributed by atoms with E-state index in [9.17, 15) is 9.59 Å². The highest BCUT2D eigenvalue weighted by molar-refractivity contribution is 5.95. The minimum Gasteiger partial charge on any atom is -0.348 e. The van der Waals surface area contributed by atoms with Crippen LogP contribution in [0.3, 0.4) is 0 Å². The van der Waals surface area contributed by atoms with Gasteiger partial charge in [-0.05, 0) is 48.7 Å². The number of hydrogen-bond acceptors (Lipinski definition) is 3. The number of rotatable bonds is 5. The SMILES string of the molecule is CC(=O)Nc1ccc(C(=O)NCc2ccc(C3CC3)nc2)cc1. The predicted octanol–water partition coefficient (Wildman–Crippen LogP) is 2.85. The van der Waals surface area contributed by atoms with E-state index in [1.165, 1.54) is 19.8 Å². The number of benzene rings is 1. The Balaban J connectivity index is 1.54. The Labute approximate surface area is 135 Å². The van der Waals surface area contributed by atoms with E-state index in [0.29, 0.717) is 23.7 Å². The average molecular weight is 309 g/mol. The van der Waals surface area contributed by atoms with Crippen molar-refractivity contribution in [3.05, 3.63) is 59.4 Å². The maximum absolute atomic E-state index is 12.1. The van der Waals surface area contributed by atoms with Crippen LogP contribution in [0, 0.1) is 0 Å². The zero-order chi connectivity index (χ0) is 16.2. The average Bonchev–Trinajstić information content (AvgIpc) is 3.38. The van der Waals surface area contributed by atoms with Crippen LogP contribution in [0.1, 0.15) is 47.3 Å². The number of amides is 2. The monoisotopic (exact) mass is 309 g/mol. The Kier molecular flexibility index (Phi) is 4.37. The van der Waals surface area contributed by atoms with E-state index in [1.807, 2.05) is 18.3 Å². The van der Waals surface area contributed by atoms with Crippen LogP contribution in [0.25, 0.3) is 0 Å². The summed E-state index contributed by atoms with van der Waals surface area (Å²) in [5.41, 5.74) is 3.36. The Bertz CT molecular complexity index is 704. The molecule has 2 amide bonds. The van der Waals surface area contributed by atoms with Gasteiger partial charge in [0.15, 0.2) is 0 Å². The van der Waals surface area contributed by atoms with Crippen LogP contribution < -0.4 is 10.6 Å². The molecule has 2 aromatic rings. The lowest BCUT2D eigenvalue weighted by atomic mass is 10.1. The molecule has 3 rings (SSSR count). The maximum Gasteiger partial charge on any atom is 0.251 e. The van der Waals surface area contributed by atoms with Crippen molar-refractivity contribution in [2.75, 3.05) is 5.32 Å². The van der Waals surface area contributed by atoms with Gasteiger partial charge in [-0.2, -0.15) is 0 Å². The molecule has 1 aromatic heterocycles. The van der Waals surface area contributed by atoms with Gasteiger partial charge < -0.3 is 10.6 Å². The van der Waals surface area contributed by atoms with Gasteiger partial charge in [0.25, 0.3) is 5.91 Å². The summed E-state index contributed by atoms with van der Waals surface area (Å²) in [6, 6.07) is 10.9. The molecule has 0 atom stereocenters. The Morgan fingerprint density at radius 1 is 1.13 bits per heavy atom. The minimum absolute atomic E-state index is 0.135. The summed E-state index contributed by atoms with van der Waals surface area (Å²) in [5, 5.41) is 5.54. The fourth-order valence-electron chi connectivity index (χ4n) is 2.35. The van der Waals surface area contributed by atoms with Gasteiger partial charge in [0.05, 0.1) is 0 Å². The molecule has 0 unspecified atom stereocenters. The van der Waals surface area contributed by atoms with Crippen LogP contribution in [0.2, 0.25) is 0 Å². The Morgan fingerprint density at radius 3 is 2.43 bits per heavy atom. The highest BCUT2D eigenvalue weighted by Crippen LogP contribution is 2.38. The van der Waals surface area contributed by atoms with Crippen LogP contribution in [0.4, 0.5) is 5.69 Å². The van der Waals surface area contributed by atoms with E-state index >= 15 is 0 Å². The molecule has 0 radical (unpaired) electrons. The van der Waals surface area contributed by atoms with Crippen LogP contribution in [-0.2, 0) is 11.3 Å². The molecule has 118 valence electrons. The highest BCUT2D eigenvalue weighted by atomic mass is 16.2. The van der Waals surface area contributed by atoms with Crippen LogP contribution in [-0.4, -0.2) is 16.8 Å². The van der Waals surface area contributed by atoms with Crippen molar-refractivity contribution in [1.82, 2.24) is 10.3 Å². The van der Waals surface area contributed by atoms with Crippen molar-refractivity contribution in [3.63, 3.8) is 0 Å².